The summed E-state index contributed by atoms with van der Waals surface area (Å²) in [5.41, 5.74) is 2.80. The molecule has 0 aliphatic carbocycles. The van der Waals surface area contributed by atoms with Crippen molar-refractivity contribution in [2.45, 2.75) is 32.6 Å². The van der Waals surface area contributed by atoms with E-state index in [2.05, 4.69) is 32.3 Å². The number of aromatic nitrogens is 5. The van der Waals surface area contributed by atoms with Crippen LogP contribution in [0.2, 0.25) is 0 Å². The van der Waals surface area contributed by atoms with Gasteiger partial charge in [0.25, 0.3) is 0 Å². The van der Waals surface area contributed by atoms with E-state index in [1.807, 2.05) is 24.9 Å². The highest BCUT2D eigenvalue weighted by molar-refractivity contribution is 7.15. The topological polar surface area (TPSA) is 88.8 Å². The number of hydrogen-bond acceptors (Lipinski definition) is 7. The van der Waals surface area contributed by atoms with Crippen molar-refractivity contribution >= 4 is 34.3 Å². The molecule has 9 heteroatoms. The minimum atomic E-state index is 0.00507. The third-order valence-electron chi connectivity index (χ3n) is 5.36. The van der Waals surface area contributed by atoms with E-state index in [0.29, 0.717) is 6.54 Å². The van der Waals surface area contributed by atoms with Gasteiger partial charge in [-0.3, -0.25) is 14.5 Å². The van der Waals surface area contributed by atoms with Crippen LogP contribution in [0.5, 0.6) is 0 Å². The van der Waals surface area contributed by atoms with E-state index in [1.165, 1.54) is 4.88 Å². The van der Waals surface area contributed by atoms with E-state index in [4.69, 9.17) is 0 Å². The van der Waals surface area contributed by atoms with Crippen LogP contribution in [0.25, 0.3) is 6.08 Å². The van der Waals surface area contributed by atoms with Gasteiger partial charge in [0.05, 0.1) is 17.1 Å². The first-order valence-electron chi connectivity index (χ1n) is 9.98. The monoisotopic (exact) mass is 423 g/mol. The molecule has 0 unspecified atom stereocenters. The molecule has 1 atom stereocenters. The van der Waals surface area contributed by atoms with E-state index < -0.39 is 0 Å². The molecule has 1 aliphatic heterocycles. The first-order chi connectivity index (χ1) is 14.5. The number of nitrogens with one attached hydrogen (secondary N) is 1. The van der Waals surface area contributed by atoms with Crippen molar-refractivity contribution in [2.24, 2.45) is 7.05 Å². The zero-order valence-corrected chi connectivity index (χ0v) is 18.2. The number of likely N-dealkylation sites (tertiary alicyclic amines) is 1. The molecule has 156 valence electrons. The molecule has 0 spiro atoms. The SMILES string of the molecule is Cc1nc(Nc2nccnc2[C@@H]2CCCN(C(=O)/C=C/c3ccnn3C)C2)sc1C. The molecule has 8 nitrogen and oxygen atoms in total. The Morgan fingerprint density at radius 3 is 2.83 bits per heavy atom. The van der Waals surface area contributed by atoms with Gasteiger partial charge in [-0.05, 0) is 38.8 Å². The lowest BCUT2D eigenvalue weighted by Gasteiger charge is -2.32. The Bertz CT molecular complexity index is 1050. The lowest BCUT2D eigenvalue weighted by Crippen LogP contribution is -2.38. The Morgan fingerprint density at radius 1 is 1.27 bits per heavy atom. The third kappa shape index (κ3) is 4.40. The fourth-order valence-corrected chi connectivity index (χ4v) is 4.40. The molecule has 1 aliphatic rings. The van der Waals surface area contributed by atoms with E-state index in [9.17, 15) is 4.79 Å². The maximum Gasteiger partial charge on any atom is 0.246 e. The Hall–Kier alpha value is -3.07. The number of hydrogen-bond donors (Lipinski definition) is 1. The zero-order valence-electron chi connectivity index (χ0n) is 17.4. The highest BCUT2D eigenvalue weighted by Crippen LogP contribution is 2.32. The van der Waals surface area contributed by atoms with Gasteiger partial charge < -0.3 is 10.2 Å². The Kier molecular flexibility index (Phi) is 5.89. The van der Waals surface area contributed by atoms with Gasteiger partial charge in [-0.15, -0.1) is 11.3 Å². The molecule has 0 saturated carbocycles. The largest absolute Gasteiger partial charge is 0.338 e. The number of anilines is 2. The summed E-state index contributed by atoms with van der Waals surface area (Å²) in [6, 6.07) is 1.88. The van der Waals surface area contributed by atoms with Gasteiger partial charge in [0.1, 0.15) is 0 Å². The first-order valence-corrected chi connectivity index (χ1v) is 10.8. The van der Waals surface area contributed by atoms with Crippen LogP contribution in [0.1, 0.15) is 40.7 Å². The highest BCUT2D eigenvalue weighted by Gasteiger charge is 2.27. The number of carbonyl (C=O) groups is 1. The minimum absolute atomic E-state index is 0.00507. The van der Waals surface area contributed by atoms with Crippen LogP contribution in [-0.2, 0) is 11.8 Å². The second-order valence-electron chi connectivity index (χ2n) is 7.41. The summed E-state index contributed by atoms with van der Waals surface area (Å²) in [7, 11) is 1.86. The second-order valence-corrected chi connectivity index (χ2v) is 8.62. The van der Waals surface area contributed by atoms with Gasteiger partial charge in [-0.1, -0.05) is 0 Å². The molecule has 3 aromatic heterocycles. The highest BCUT2D eigenvalue weighted by atomic mass is 32.1. The lowest BCUT2D eigenvalue weighted by molar-refractivity contribution is -0.127. The molecule has 30 heavy (non-hydrogen) atoms. The Balaban J connectivity index is 1.48. The summed E-state index contributed by atoms with van der Waals surface area (Å²) >= 11 is 1.61. The summed E-state index contributed by atoms with van der Waals surface area (Å²) in [5.74, 6) is 0.854. The molecule has 4 rings (SSSR count). The van der Waals surface area contributed by atoms with Crippen LogP contribution in [0.3, 0.4) is 0 Å². The smallest absolute Gasteiger partial charge is 0.246 e. The molecule has 1 N–H and O–H groups in total. The molecule has 0 aromatic carbocycles. The molecular formula is C21H25N7OS. The predicted molar refractivity (Wildman–Crippen MR) is 118 cm³/mol. The molecule has 1 fully saturated rings. The molecule has 0 radical (unpaired) electrons. The van der Waals surface area contributed by atoms with Crippen molar-refractivity contribution in [1.29, 1.82) is 0 Å². The van der Waals surface area contributed by atoms with Crippen LogP contribution in [0, 0.1) is 13.8 Å². The van der Waals surface area contributed by atoms with Crippen molar-refractivity contribution in [3.63, 3.8) is 0 Å². The molecule has 3 aromatic rings. The van der Waals surface area contributed by atoms with Crippen molar-refractivity contribution < 1.29 is 4.79 Å². The average molecular weight is 424 g/mol. The number of carbonyl (C=O) groups excluding carboxylic acids is 1. The van der Waals surface area contributed by atoms with Crippen LogP contribution in [0.4, 0.5) is 10.9 Å². The van der Waals surface area contributed by atoms with Gasteiger partial charge in [-0.25, -0.2) is 9.97 Å². The second kappa shape index (κ2) is 8.74. The molecule has 1 saturated heterocycles. The molecule has 1 amide bonds. The normalized spacial score (nSPS) is 16.9. The maximum absolute atomic E-state index is 12.7. The standard InChI is InChI=1S/C21H25N7OS/c1-14-15(2)30-21(25-14)26-20-19(22-10-11-23-20)16-5-4-12-28(13-16)18(29)7-6-17-8-9-24-27(17)3/h6-11,16H,4-5,12-13H2,1-3H3,(H,23,25,26)/b7-6+/t16-/m1/s1. The van der Waals surface area contributed by atoms with Crippen LogP contribution >= 0.6 is 11.3 Å². The number of rotatable bonds is 5. The van der Waals surface area contributed by atoms with Crippen LogP contribution < -0.4 is 5.32 Å². The van der Waals surface area contributed by atoms with Gasteiger partial charge in [0.2, 0.25) is 5.91 Å². The van der Waals surface area contributed by atoms with Gasteiger partial charge in [0, 0.05) is 55.6 Å². The van der Waals surface area contributed by atoms with E-state index in [-0.39, 0.29) is 11.8 Å². The van der Waals surface area contributed by atoms with Crippen molar-refractivity contribution in [3.8, 4) is 0 Å². The van der Waals surface area contributed by atoms with Crippen LogP contribution in [0.15, 0.2) is 30.7 Å². The van der Waals surface area contributed by atoms with Gasteiger partial charge in [-0.2, -0.15) is 5.10 Å². The number of piperidine rings is 1. The number of nitrogens with zero attached hydrogens (tertiary/aromatic N) is 6. The summed E-state index contributed by atoms with van der Waals surface area (Å²) in [6.07, 6.45) is 10.4. The number of aryl methyl sites for hydroxylation is 3. The zero-order chi connectivity index (χ0) is 21.1. The summed E-state index contributed by atoms with van der Waals surface area (Å²) in [6.45, 7) is 5.43. The summed E-state index contributed by atoms with van der Waals surface area (Å²) in [4.78, 5) is 29.5. The van der Waals surface area contributed by atoms with Gasteiger partial charge in [0.15, 0.2) is 10.9 Å². The fourth-order valence-electron chi connectivity index (χ4n) is 3.58. The predicted octanol–water partition coefficient (Wildman–Crippen LogP) is 3.45. The Morgan fingerprint density at radius 2 is 2.10 bits per heavy atom. The Labute approximate surface area is 179 Å². The maximum atomic E-state index is 12.7. The van der Waals surface area contributed by atoms with E-state index >= 15 is 0 Å². The fraction of sp³-hybridized carbons (Fsp3) is 0.381. The molecule has 4 heterocycles. The van der Waals surface area contributed by atoms with Crippen molar-refractivity contribution in [1.82, 2.24) is 29.6 Å². The number of thiazole rings is 1. The van der Waals surface area contributed by atoms with Gasteiger partial charge >= 0.3 is 0 Å². The molecular weight excluding hydrogens is 398 g/mol. The minimum Gasteiger partial charge on any atom is -0.338 e. The van der Waals surface area contributed by atoms with Crippen LogP contribution in [-0.4, -0.2) is 48.6 Å². The van der Waals surface area contributed by atoms with E-state index in [0.717, 1.165) is 47.4 Å². The summed E-state index contributed by atoms with van der Waals surface area (Å²) in [5, 5.41) is 8.27. The average Bonchev–Trinajstić information content (AvgIpc) is 3.30. The first kappa shape index (κ1) is 20.2. The van der Waals surface area contributed by atoms with Crippen molar-refractivity contribution in [3.05, 3.63) is 52.7 Å². The molecule has 0 bridgehead atoms. The lowest BCUT2D eigenvalue weighted by atomic mass is 9.94. The quantitative estimate of drug-likeness (QED) is 0.633. The summed E-state index contributed by atoms with van der Waals surface area (Å²) < 4.78 is 1.74. The van der Waals surface area contributed by atoms with E-state index in [1.54, 1.807) is 46.8 Å². The van der Waals surface area contributed by atoms with Crippen molar-refractivity contribution in [2.75, 3.05) is 18.4 Å². The third-order valence-corrected chi connectivity index (χ3v) is 6.34. The number of amides is 1.